The van der Waals surface area contributed by atoms with E-state index in [2.05, 4.69) is 119 Å². The Kier molecular flexibility index (Phi) is 6.69. The van der Waals surface area contributed by atoms with Crippen molar-refractivity contribution in [3.05, 3.63) is 163 Å². The Morgan fingerprint density at radius 1 is 0.640 bits per heavy atom. The fraction of sp³-hybridized carbons (Fsp3) is 0.0667. The summed E-state index contributed by atoms with van der Waals surface area (Å²) in [7, 11) is 0. The molecule has 1 aliphatic rings. The average molecular weight is 643 g/mol. The molecule has 236 valence electrons. The third kappa shape index (κ3) is 4.18. The van der Waals surface area contributed by atoms with Crippen molar-refractivity contribution in [2.24, 2.45) is 0 Å². The number of benzene rings is 6. The molecule has 2 aromatic heterocycles. The van der Waals surface area contributed by atoms with Crippen molar-refractivity contribution in [3.8, 4) is 40.4 Å². The van der Waals surface area contributed by atoms with Gasteiger partial charge in [-0.2, -0.15) is 10.5 Å². The predicted molar refractivity (Wildman–Crippen MR) is 202 cm³/mol. The van der Waals surface area contributed by atoms with Crippen LogP contribution in [-0.2, 0) is 0 Å². The maximum atomic E-state index is 10.2. The van der Waals surface area contributed by atoms with E-state index in [4.69, 9.17) is 4.74 Å². The van der Waals surface area contributed by atoms with Crippen molar-refractivity contribution in [3.63, 3.8) is 0 Å². The third-order valence-electron chi connectivity index (χ3n) is 10.0. The van der Waals surface area contributed by atoms with Gasteiger partial charge in [-0.05, 0) is 67.6 Å². The minimum Gasteiger partial charge on any atom is -0.483 e. The van der Waals surface area contributed by atoms with Crippen molar-refractivity contribution in [2.45, 2.75) is 18.9 Å². The van der Waals surface area contributed by atoms with Crippen LogP contribution < -0.4 is 4.74 Å². The van der Waals surface area contributed by atoms with E-state index in [0.29, 0.717) is 11.1 Å². The second kappa shape index (κ2) is 11.4. The average Bonchev–Trinajstić information content (AvgIpc) is 3.82. The Bertz CT molecular complexity index is 2760. The van der Waals surface area contributed by atoms with Crippen LogP contribution >= 0.6 is 0 Å². The van der Waals surface area contributed by atoms with Crippen molar-refractivity contribution >= 4 is 43.6 Å². The highest BCUT2D eigenvalue weighted by molar-refractivity contribution is 6.13. The standard InChI is InChI=1S/C45H30N4O/c1-3-11-43-30(4-2)35-21-20-34-33-14-7-10-17-40(33)49(44(34)45(35)50-43)42-23-19-29(27-47)25-37(42)36-24-28(26-46)18-22-41(36)48-38-15-8-5-12-31(38)32-13-6-9-16-39(32)48/h3-25,30,43H,2H2,1H3/b11-3-. The molecule has 0 aliphatic carbocycles. The Morgan fingerprint density at radius 3 is 1.70 bits per heavy atom. The topological polar surface area (TPSA) is 66.7 Å². The number of allylic oxidation sites excluding steroid dienone is 1. The molecule has 2 unspecified atom stereocenters. The largest absolute Gasteiger partial charge is 0.483 e. The molecule has 3 heterocycles. The maximum Gasteiger partial charge on any atom is 0.148 e. The molecule has 0 spiro atoms. The number of rotatable bonds is 5. The van der Waals surface area contributed by atoms with Crippen LogP contribution in [0.1, 0.15) is 29.5 Å². The van der Waals surface area contributed by atoms with Gasteiger partial charge >= 0.3 is 0 Å². The molecule has 0 saturated heterocycles. The summed E-state index contributed by atoms with van der Waals surface area (Å²) in [5.74, 6) is 0.835. The second-order valence-electron chi connectivity index (χ2n) is 12.7. The first-order valence-electron chi connectivity index (χ1n) is 16.7. The van der Waals surface area contributed by atoms with Gasteiger partial charge in [-0.1, -0.05) is 78.9 Å². The molecule has 6 aromatic carbocycles. The molecule has 0 N–H and O–H groups in total. The van der Waals surface area contributed by atoms with Crippen LogP contribution in [0.2, 0.25) is 0 Å². The fourth-order valence-corrected chi connectivity index (χ4v) is 7.89. The second-order valence-corrected chi connectivity index (χ2v) is 12.7. The lowest BCUT2D eigenvalue weighted by molar-refractivity contribution is 0.272. The van der Waals surface area contributed by atoms with Gasteiger partial charge in [0.25, 0.3) is 0 Å². The summed E-state index contributed by atoms with van der Waals surface area (Å²) in [5, 5.41) is 24.9. The van der Waals surface area contributed by atoms with Crippen molar-refractivity contribution in [1.29, 1.82) is 10.5 Å². The highest BCUT2D eigenvalue weighted by Crippen LogP contribution is 2.49. The Morgan fingerprint density at radius 2 is 1.16 bits per heavy atom. The molecule has 0 radical (unpaired) electrons. The van der Waals surface area contributed by atoms with Crippen LogP contribution in [0.3, 0.4) is 0 Å². The van der Waals surface area contributed by atoms with Gasteiger partial charge in [0.2, 0.25) is 0 Å². The number of hydrogen-bond donors (Lipinski definition) is 0. The van der Waals surface area contributed by atoms with E-state index in [9.17, 15) is 10.5 Å². The summed E-state index contributed by atoms with van der Waals surface area (Å²) in [4.78, 5) is 0. The molecule has 0 bridgehead atoms. The molecule has 50 heavy (non-hydrogen) atoms. The monoisotopic (exact) mass is 642 g/mol. The van der Waals surface area contributed by atoms with Crippen LogP contribution in [0.5, 0.6) is 5.75 Å². The van der Waals surface area contributed by atoms with Crippen molar-refractivity contribution in [1.82, 2.24) is 9.13 Å². The maximum absolute atomic E-state index is 10.2. The number of fused-ring (bicyclic) bond motifs is 8. The third-order valence-corrected chi connectivity index (χ3v) is 10.0. The zero-order valence-electron chi connectivity index (χ0n) is 27.3. The van der Waals surface area contributed by atoms with Gasteiger partial charge in [0.1, 0.15) is 11.9 Å². The molecule has 5 nitrogen and oxygen atoms in total. The van der Waals surface area contributed by atoms with Crippen molar-refractivity contribution in [2.75, 3.05) is 0 Å². The first-order chi connectivity index (χ1) is 24.6. The first kappa shape index (κ1) is 29.3. The highest BCUT2D eigenvalue weighted by Gasteiger charge is 2.34. The van der Waals surface area contributed by atoms with Crippen LogP contribution in [0.15, 0.2) is 146 Å². The minimum atomic E-state index is -0.167. The predicted octanol–water partition coefficient (Wildman–Crippen LogP) is 10.9. The SMILES string of the molecule is C=CC1c2ccc3c4ccccc4n(-c4ccc(C#N)cc4-c4cc(C#N)ccc4-n4c5ccccc5c5ccccc54)c3c2OC1/C=C\C. The lowest BCUT2D eigenvalue weighted by atomic mass is 9.94. The summed E-state index contributed by atoms with van der Waals surface area (Å²) >= 11 is 0. The number of nitriles is 2. The van der Waals surface area contributed by atoms with Gasteiger partial charge < -0.3 is 13.9 Å². The van der Waals surface area contributed by atoms with Gasteiger partial charge in [0.15, 0.2) is 0 Å². The molecule has 9 rings (SSSR count). The number of nitrogens with zero attached hydrogens (tertiary/aromatic N) is 4. The summed E-state index contributed by atoms with van der Waals surface area (Å²) in [6.07, 6.45) is 5.91. The van der Waals surface area contributed by atoms with Crippen LogP contribution in [0, 0.1) is 22.7 Å². The molecular weight excluding hydrogens is 613 g/mol. The van der Waals surface area contributed by atoms with E-state index in [0.717, 1.165) is 77.4 Å². The van der Waals surface area contributed by atoms with E-state index in [1.54, 1.807) is 0 Å². The van der Waals surface area contributed by atoms with Crippen LogP contribution in [-0.4, -0.2) is 15.2 Å². The smallest absolute Gasteiger partial charge is 0.148 e. The Hall–Kier alpha value is -6.82. The summed E-state index contributed by atoms with van der Waals surface area (Å²) in [5.41, 5.74) is 9.74. The van der Waals surface area contributed by atoms with E-state index < -0.39 is 0 Å². The molecule has 0 fully saturated rings. The number of hydrogen-bond acceptors (Lipinski definition) is 3. The minimum absolute atomic E-state index is 0.00622. The molecule has 2 atom stereocenters. The van der Waals surface area contributed by atoms with E-state index in [1.807, 2.05) is 55.5 Å². The molecule has 1 aliphatic heterocycles. The Labute approximate surface area is 289 Å². The summed E-state index contributed by atoms with van der Waals surface area (Å²) in [6, 6.07) is 46.0. The number of para-hydroxylation sites is 3. The quantitative estimate of drug-likeness (QED) is 0.175. The van der Waals surface area contributed by atoms with Crippen molar-refractivity contribution < 1.29 is 4.74 Å². The normalized spacial score (nSPS) is 15.4. The van der Waals surface area contributed by atoms with E-state index >= 15 is 0 Å². The molecule has 8 aromatic rings. The summed E-state index contributed by atoms with van der Waals surface area (Å²) in [6.45, 7) is 6.17. The van der Waals surface area contributed by atoms with Crippen LogP contribution in [0.25, 0.3) is 66.1 Å². The zero-order chi connectivity index (χ0) is 33.9. The van der Waals surface area contributed by atoms with Gasteiger partial charge in [-0.3, -0.25) is 0 Å². The van der Waals surface area contributed by atoms with Gasteiger partial charge in [-0.25, -0.2) is 0 Å². The highest BCUT2D eigenvalue weighted by atomic mass is 16.5. The van der Waals surface area contributed by atoms with Gasteiger partial charge in [-0.15, -0.1) is 6.58 Å². The lowest BCUT2D eigenvalue weighted by Crippen LogP contribution is -2.13. The van der Waals surface area contributed by atoms with Gasteiger partial charge in [0, 0.05) is 44.2 Å². The fourth-order valence-electron chi connectivity index (χ4n) is 7.89. The summed E-state index contributed by atoms with van der Waals surface area (Å²) < 4.78 is 11.3. The first-order valence-corrected chi connectivity index (χ1v) is 16.7. The molecule has 5 heteroatoms. The van der Waals surface area contributed by atoms with E-state index in [1.165, 1.54) is 0 Å². The Balaban J connectivity index is 1.41. The number of ether oxygens (including phenoxy) is 1. The van der Waals surface area contributed by atoms with E-state index in [-0.39, 0.29) is 12.0 Å². The molecular formula is C45H30N4O. The zero-order valence-corrected chi connectivity index (χ0v) is 27.3. The van der Waals surface area contributed by atoms with Gasteiger partial charge in [0.05, 0.1) is 56.7 Å². The molecule has 0 amide bonds. The number of aromatic nitrogens is 2. The van der Waals surface area contributed by atoms with Crippen LogP contribution in [0.4, 0.5) is 0 Å². The molecule has 0 saturated carbocycles. The lowest BCUT2D eigenvalue weighted by Gasteiger charge is -2.19.